The highest BCUT2D eigenvalue weighted by Crippen LogP contribution is 2.57. The molecular formula is C7H12O. The molecular weight excluding hydrogens is 100 g/mol. The molecule has 0 amide bonds. The fraction of sp³-hybridized carbons (Fsp3) is 1.00. The van der Waals surface area contributed by atoms with Crippen LogP contribution in [0.4, 0.5) is 0 Å². The summed E-state index contributed by atoms with van der Waals surface area (Å²) in [5, 5.41) is 0. The molecule has 0 bridgehead atoms. The monoisotopic (exact) mass is 112 g/mol. The molecule has 1 heteroatoms. The van der Waals surface area contributed by atoms with Crippen molar-refractivity contribution < 1.29 is 4.74 Å². The molecule has 0 N–H and O–H groups in total. The molecule has 1 saturated heterocycles. The van der Waals surface area contributed by atoms with E-state index in [-0.39, 0.29) is 0 Å². The maximum Gasteiger partial charge on any atom is 0.0525 e. The smallest absolute Gasteiger partial charge is 0.0525 e. The summed E-state index contributed by atoms with van der Waals surface area (Å²) in [7, 11) is 0. The fourth-order valence-corrected chi connectivity index (χ4v) is 1.72. The quantitative estimate of drug-likeness (QED) is 0.460. The summed E-state index contributed by atoms with van der Waals surface area (Å²) in [5.74, 6) is 0.963. The van der Waals surface area contributed by atoms with Gasteiger partial charge in [-0.25, -0.2) is 0 Å². The van der Waals surface area contributed by atoms with Crippen LogP contribution in [0.5, 0.6) is 0 Å². The van der Waals surface area contributed by atoms with Crippen LogP contribution in [0.3, 0.4) is 0 Å². The minimum absolute atomic E-state index is 0.681. The summed E-state index contributed by atoms with van der Waals surface area (Å²) in [6.07, 6.45) is 2.75. The molecule has 2 atom stereocenters. The molecule has 0 aromatic rings. The maximum absolute atomic E-state index is 5.29. The van der Waals surface area contributed by atoms with Crippen molar-refractivity contribution in [3.05, 3.63) is 0 Å². The zero-order chi connectivity index (χ0) is 5.61. The largest absolute Gasteiger partial charge is 0.381 e. The molecule has 8 heavy (non-hydrogen) atoms. The van der Waals surface area contributed by atoms with E-state index in [0.717, 1.165) is 19.1 Å². The number of rotatable bonds is 0. The highest BCUT2D eigenvalue weighted by Gasteiger charge is 2.52. The minimum Gasteiger partial charge on any atom is -0.381 e. The fourth-order valence-electron chi connectivity index (χ4n) is 1.72. The Kier molecular flexibility index (Phi) is 0.762. The van der Waals surface area contributed by atoms with Crippen LogP contribution in [-0.2, 0) is 4.74 Å². The van der Waals surface area contributed by atoms with E-state index in [4.69, 9.17) is 4.74 Å². The third-order valence-corrected chi connectivity index (χ3v) is 2.73. The van der Waals surface area contributed by atoms with Gasteiger partial charge in [0.2, 0.25) is 0 Å². The van der Waals surface area contributed by atoms with Gasteiger partial charge < -0.3 is 4.74 Å². The maximum atomic E-state index is 5.29. The lowest BCUT2D eigenvalue weighted by Crippen LogP contribution is -1.99. The van der Waals surface area contributed by atoms with E-state index in [2.05, 4.69) is 6.92 Å². The summed E-state index contributed by atoms with van der Waals surface area (Å²) >= 11 is 0. The summed E-state index contributed by atoms with van der Waals surface area (Å²) < 4.78 is 5.29. The van der Waals surface area contributed by atoms with Gasteiger partial charge in [0.05, 0.1) is 6.61 Å². The van der Waals surface area contributed by atoms with Gasteiger partial charge >= 0.3 is 0 Å². The van der Waals surface area contributed by atoms with Gasteiger partial charge in [-0.2, -0.15) is 0 Å². The summed E-state index contributed by atoms with van der Waals surface area (Å²) in [6, 6.07) is 0. The predicted molar refractivity (Wildman–Crippen MR) is 31.6 cm³/mol. The van der Waals surface area contributed by atoms with E-state index in [0.29, 0.717) is 5.41 Å². The van der Waals surface area contributed by atoms with Crippen LogP contribution in [0.1, 0.15) is 19.8 Å². The van der Waals surface area contributed by atoms with Crippen LogP contribution in [0.15, 0.2) is 0 Å². The van der Waals surface area contributed by atoms with Crippen molar-refractivity contribution in [2.75, 3.05) is 13.2 Å². The van der Waals surface area contributed by atoms with Gasteiger partial charge in [-0.3, -0.25) is 0 Å². The Balaban J connectivity index is 2.06. The van der Waals surface area contributed by atoms with Crippen molar-refractivity contribution in [2.45, 2.75) is 19.8 Å². The van der Waals surface area contributed by atoms with Crippen LogP contribution in [0, 0.1) is 11.3 Å². The molecule has 2 rings (SSSR count). The standard InChI is InChI=1S/C7H12O/c1-6-4-7(6)2-3-8-5-7/h6H,2-5H2,1H3. The van der Waals surface area contributed by atoms with E-state index in [1.807, 2.05) is 0 Å². The first kappa shape index (κ1) is 4.80. The SMILES string of the molecule is CC1CC12CCOC2. The minimum atomic E-state index is 0.681. The zero-order valence-electron chi connectivity index (χ0n) is 5.31. The highest BCUT2D eigenvalue weighted by molar-refractivity contribution is 5.01. The predicted octanol–water partition coefficient (Wildman–Crippen LogP) is 1.43. The van der Waals surface area contributed by atoms with Crippen molar-refractivity contribution >= 4 is 0 Å². The Morgan fingerprint density at radius 1 is 1.62 bits per heavy atom. The van der Waals surface area contributed by atoms with E-state index in [9.17, 15) is 0 Å². The van der Waals surface area contributed by atoms with Crippen molar-refractivity contribution in [1.29, 1.82) is 0 Å². The van der Waals surface area contributed by atoms with Gasteiger partial charge in [0.1, 0.15) is 0 Å². The van der Waals surface area contributed by atoms with Gasteiger partial charge in [0, 0.05) is 6.61 Å². The molecule has 1 saturated carbocycles. The molecule has 46 valence electrons. The second-order valence-corrected chi connectivity index (χ2v) is 3.27. The van der Waals surface area contributed by atoms with Gasteiger partial charge in [-0.1, -0.05) is 6.92 Å². The first-order valence-corrected chi connectivity index (χ1v) is 3.41. The van der Waals surface area contributed by atoms with Gasteiger partial charge in [0.15, 0.2) is 0 Å². The third-order valence-electron chi connectivity index (χ3n) is 2.73. The lowest BCUT2D eigenvalue weighted by atomic mass is 10.0. The summed E-state index contributed by atoms with van der Waals surface area (Å²) in [6.45, 7) is 4.40. The van der Waals surface area contributed by atoms with Crippen LogP contribution in [0.2, 0.25) is 0 Å². The summed E-state index contributed by atoms with van der Waals surface area (Å²) in [5.41, 5.74) is 0.681. The average molecular weight is 112 g/mol. The lowest BCUT2D eigenvalue weighted by Gasteiger charge is -1.99. The molecule has 1 heterocycles. The van der Waals surface area contributed by atoms with Crippen LogP contribution < -0.4 is 0 Å². The molecule has 0 aromatic carbocycles. The molecule has 0 aromatic heterocycles. The van der Waals surface area contributed by atoms with Crippen LogP contribution in [0.25, 0.3) is 0 Å². The molecule has 0 radical (unpaired) electrons. The Bertz CT molecular complexity index is 103. The van der Waals surface area contributed by atoms with Crippen molar-refractivity contribution in [2.24, 2.45) is 11.3 Å². The molecule has 1 aliphatic carbocycles. The number of hydrogen-bond acceptors (Lipinski definition) is 1. The first-order chi connectivity index (χ1) is 3.83. The Labute approximate surface area is 50.0 Å². The molecule has 1 aliphatic heterocycles. The first-order valence-electron chi connectivity index (χ1n) is 3.41. The zero-order valence-corrected chi connectivity index (χ0v) is 5.31. The van der Waals surface area contributed by atoms with Crippen LogP contribution in [-0.4, -0.2) is 13.2 Å². The van der Waals surface area contributed by atoms with Gasteiger partial charge in [-0.15, -0.1) is 0 Å². The topological polar surface area (TPSA) is 9.23 Å². The lowest BCUT2D eigenvalue weighted by molar-refractivity contribution is 0.179. The van der Waals surface area contributed by atoms with Crippen molar-refractivity contribution in [3.63, 3.8) is 0 Å². The van der Waals surface area contributed by atoms with Crippen LogP contribution >= 0.6 is 0 Å². The molecule has 2 aliphatic rings. The number of hydrogen-bond donors (Lipinski definition) is 0. The Morgan fingerprint density at radius 3 is 2.62 bits per heavy atom. The van der Waals surface area contributed by atoms with Crippen molar-refractivity contribution in [1.82, 2.24) is 0 Å². The van der Waals surface area contributed by atoms with E-state index >= 15 is 0 Å². The normalized spacial score (nSPS) is 52.9. The van der Waals surface area contributed by atoms with E-state index in [1.165, 1.54) is 12.8 Å². The van der Waals surface area contributed by atoms with Crippen molar-refractivity contribution in [3.8, 4) is 0 Å². The molecule has 2 unspecified atom stereocenters. The second-order valence-electron chi connectivity index (χ2n) is 3.27. The molecule has 1 spiro atoms. The second kappa shape index (κ2) is 1.27. The Hall–Kier alpha value is -0.0400. The Morgan fingerprint density at radius 2 is 2.38 bits per heavy atom. The van der Waals surface area contributed by atoms with Gasteiger partial charge in [0.25, 0.3) is 0 Å². The van der Waals surface area contributed by atoms with E-state index in [1.54, 1.807) is 0 Å². The van der Waals surface area contributed by atoms with Gasteiger partial charge in [-0.05, 0) is 24.2 Å². The summed E-state index contributed by atoms with van der Waals surface area (Å²) in [4.78, 5) is 0. The van der Waals surface area contributed by atoms with E-state index < -0.39 is 0 Å². The number of ether oxygens (including phenoxy) is 1. The average Bonchev–Trinajstić information content (AvgIpc) is 2.29. The molecule has 1 nitrogen and oxygen atoms in total. The highest BCUT2D eigenvalue weighted by atomic mass is 16.5. The molecule has 2 fully saturated rings. The third kappa shape index (κ3) is 0.455.